The van der Waals surface area contributed by atoms with Gasteiger partial charge < -0.3 is 10.2 Å². The van der Waals surface area contributed by atoms with Crippen molar-refractivity contribution in [2.75, 3.05) is 20.6 Å². The van der Waals surface area contributed by atoms with Crippen LogP contribution in [0.1, 0.15) is 37.3 Å². The topological polar surface area (TPSA) is 82.1 Å². The first-order valence-corrected chi connectivity index (χ1v) is 13.5. The van der Waals surface area contributed by atoms with Crippen LogP contribution in [-0.4, -0.2) is 61.1 Å². The lowest BCUT2D eigenvalue weighted by atomic mass is 9.38. The number of rotatable bonds is 7. The molecule has 0 saturated heterocycles. The van der Waals surface area contributed by atoms with E-state index in [2.05, 4.69) is 10.3 Å². The molecule has 2 aromatic rings. The number of halogens is 4. The van der Waals surface area contributed by atoms with E-state index in [1.807, 2.05) is 0 Å². The zero-order chi connectivity index (χ0) is 27.7. The Morgan fingerprint density at radius 1 is 1.03 bits per heavy atom. The van der Waals surface area contributed by atoms with Crippen molar-refractivity contribution >= 4 is 21.8 Å². The molecule has 38 heavy (non-hydrogen) atoms. The van der Waals surface area contributed by atoms with E-state index in [1.165, 1.54) is 33.5 Å². The number of hydrogen-bond acceptors (Lipinski definition) is 5. The third-order valence-corrected chi connectivity index (χ3v) is 9.83. The highest BCUT2D eigenvalue weighted by Crippen LogP contribution is 2.71. The third-order valence-electron chi connectivity index (χ3n) is 7.87. The minimum atomic E-state index is -4.50. The molecule has 12 heteroatoms. The number of sulfonamides is 1. The Balaban J connectivity index is 1.41. The number of nitrogens with zero attached hydrogens (tertiary/aromatic N) is 3. The van der Waals surface area contributed by atoms with Gasteiger partial charge in [0.15, 0.2) is 0 Å². The highest BCUT2D eigenvalue weighted by Gasteiger charge is 2.75. The molecule has 6 rings (SSSR count). The van der Waals surface area contributed by atoms with Gasteiger partial charge in [-0.2, -0.15) is 17.5 Å². The number of likely N-dealkylation sites (N-methyl/N-ethyl adjacent to an activating group) is 1. The summed E-state index contributed by atoms with van der Waals surface area (Å²) in [5, 5.41) is 3.27. The van der Waals surface area contributed by atoms with Gasteiger partial charge in [-0.05, 0) is 68.1 Å². The minimum Gasteiger partial charge on any atom is -0.358 e. The van der Waals surface area contributed by atoms with Crippen molar-refractivity contribution in [1.82, 2.24) is 14.5 Å². The summed E-state index contributed by atoms with van der Waals surface area (Å²) < 4.78 is 81.5. The van der Waals surface area contributed by atoms with E-state index in [-0.39, 0.29) is 29.3 Å². The van der Waals surface area contributed by atoms with E-state index < -0.39 is 38.7 Å². The van der Waals surface area contributed by atoms with Crippen molar-refractivity contribution in [3.63, 3.8) is 0 Å². The average Bonchev–Trinajstić information content (AvgIpc) is 3.19. The zero-order valence-corrected chi connectivity index (χ0v) is 22.0. The quantitative estimate of drug-likeness (QED) is 0.530. The van der Waals surface area contributed by atoms with Crippen molar-refractivity contribution in [1.29, 1.82) is 0 Å². The molecular formula is C26H28F4N4O3S. The van der Waals surface area contributed by atoms with Crippen molar-refractivity contribution in [3.05, 3.63) is 65.5 Å². The largest absolute Gasteiger partial charge is 0.416 e. The zero-order valence-electron chi connectivity index (χ0n) is 21.1. The predicted molar refractivity (Wildman–Crippen MR) is 132 cm³/mol. The number of alkyl halides is 3. The summed E-state index contributed by atoms with van der Waals surface area (Å²) in [6, 6.07) is 8.91. The molecule has 0 unspecified atom stereocenters. The van der Waals surface area contributed by atoms with E-state index >= 15 is 0 Å². The fraction of sp³-hybridized carbons (Fsp3) is 0.462. The Kier molecular flexibility index (Phi) is 5.96. The lowest BCUT2D eigenvalue weighted by Crippen LogP contribution is -2.79. The molecule has 1 aliphatic heterocycles. The van der Waals surface area contributed by atoms with Gasteiger partial charge in [0, 0.05) is 31.6 Å². The fourth-order valence-electron chi connectivity index (χ4n) is 5.95. The Labute approximate surface area is 218 Å². The van der Waals surface area contributed by atoms with Crippen LogP contribution in [0.2, 0.25) is 0 Å². The normalized spacial score (nSPS) is 28.3. The summed E-state index contributed by atoms with van der Waals surface area (Å²) in [5.41, 5.74) is -2.44. The summed E-state index contributed by atoms with van der Waals surface area (Å²) in [6.45, 7) is 1.92. The van der Waals surface area contributed by atoms with E-state index in [0.717, 1.165) is 24.3 Å². The van der Waals surface area contributed by atoms with Gasteiger partial charge in [-0.3, -0.25) is 9.79 Å². The lowest BCUT2D eigenvalue weighted by Gasteiger charge is -2.73. The minimum absolute atomic E-state index is 0.0925. The molecule has 1 heterocycles. The maximum absolute atomic E-state index is 13.8. The van der Waals surface area contributed by atoms with E-state index in [1.54, 1.807) is 21.0 Å². The van der Waals surface area contributed by atoms with Gasteiger partial charge in [0.25, 0.3) is 0 Å². The molecular weight excluding hydrogens is 524 g/mol. The van der Waals surface area contributed by atoms with Gasteiger partial charge in [-0.1, -0.05) is 12.1 Å². The number of carbonyl (C=O) groups is 1. The van der Waals surface area contributed by atoms with Crippen LogP contribution in [0.3, 0.4) is 0 Å². The Morgan fingerprint density at radius 3 is 2.13 bits per heavy atom. The number of carbonyl (C=O) groups excluding carboxylic acids is 1. The van der Waals surface area contributed by atoms with Gasteiger partial charge in [-0.15, -0.1) is 0 Å². The van der Waals surface area contributed by atoms with Gasteiger partial charge in [0.2, 0.25) is 15.9 Å². The van der Waals surface area contributed by atoms with Crippen molar-refractivity contribution in [2.45, 2.75) is 54.9 Å². The summed E-state index contributed by atoms with van der Waals surface area (Å²) in [5.74, 6) is -0.00513. The van der Waals surface area contributed by atoms with Crippen LogP contribution in [0.4, 0.5) is 17.6 Å². The first kappa shape index (κ1) is 26.6. The molecule has 1 amide bonds. The molecule has 3 aliphatic carbocycles. The monoisotopic (exact) mass is 552 g/mol. The van der Waals surface area contributed by atoms with E-state index in [4.69, 9.17) is 0 Å². The fourth-order valence-corrected chi connectivity index (χ4v) is 7.71. The maximum atomic E-state index is 13.8. The van der Waals surface area contributed by atoms with E-state index in [0.29, 0.717) is 30.7 Å². The molecule has 3 fully saturated rings. The third kappa shape index (κ3) is 4.17. The molecule has 0 spiro atoms. The first-order valence-electron chi connectivity index (χ1n) is 12.1. The molecule has 1 atom stereocenters. The van der Waals surface area contributed by atoms with Crippen LogP contribution in [0.25, 0.3) is 0 Å². The Bertz CT molecular complexity index is 1390. The van der Waals surface area contributed by atoms with Gasteiger partial charge in [0.1, 0.15) is 17.2 Å². The number of amidine groups is 1. The molecule has 7 nitrogen and oxygen atoms in total. The molecule has 2 bridgehead atoms. The highest BCUT2D eigenvalue weighted by molar-refractivity contribution is 7.89. The van der Waals surface area contributed by atoms with Crippen LogP contribution < -0.4 is 5.32 Å². The number of benzene rings is 2. The SMILES string of the molecule is CN(C)C(=O)[C@@]1(C)CN=C(C23CC(N(Cc4ccc(C(F)(F)F)cc4)S(=O)(=O)c4ccc(F)cc4)(C2)C3)N1. The molecule has 0 radical (unpaired) electrons. The summed E-state index contributed by atoms with van der Waals surface area (Å²) in [7, 11) is -0.771. The average molecular weight is 553 g/mol. The maximum Gasteiger partial charge on any atom is 0.416 e. The summed E-state index contributed by atoms with van der Waals surface area (Å²) in [4.78, 5) is 18.6. The second-order valence-electron chi connectivity index (χ2n) is 11.0. The predicted octanol–water partition coefficient (Wildman–Crippen LogP) is 3.81. The van der Waals surface area contributed by atoms with Gasteiger partial charge in [0.05, 0.1) is 17.0 Å². The highest BCUT2D eigenvalue weighted by atomic mass is 32.2. The Morgan fingerprint density at radius 2 is 1.61 bits per heavy atom. The van der Waals surface area contributed by atoms with Crippen LogP contribution in [0.15, 0.2) is 58.4 Å². The Hall–Kier alpha value is -2.99. The smallest absolute Gasteiger partial charge is 0.358 e. The summed E-state index contributed by atoms with van der Waals surface area (Å²) >= 11 is 0. The first-order chi connectivity index (χ1) is 17.6. The van der Waals surface area contributed by atoms with Crippen molar-refractivity contribution in [3.8, 4) is 0 Å². The second kappa shape index (κ2) is 8.51. The molecule has 1 N–H and O–H groups in total. The van der Waals surface area contributed by atoms with Crippen molar-refractivity contribution < 1.29 is 30.8 Å². The standard InChI is InChI=1S/C26H28F4N4O3S/c1-23(22(35)33(2)3)16-31-21(32-23)24-13-25(14-24,15-24)34(38(36,37)20-10-8-19(27)9-11-20)12-17-4-6-18(7-5-17)26(28,29)30/h4-11H,12-16H2,1-3H3,(H,31,32)/t23-,24?,25?/m1/s1. The van der Waals surface area contributed by atoms with Crippen LogP contribution >= 0.6 is 0 Å². The molecule has 3 saturated carbocycles. The van der Waals surface area contributed by atoms with Gasteiger partial charge in [-0.25, -0.2) is 12.8 Å². The van der Waals surface area contributed by atoms with Crippen LogP contribution in [0, 0.1) is 11.2 Å². The molecule has 2 aromatic carbocycles. The summed E-state index contributed by atoms with van der Waals surface area (Å²) in [6.07, 6.45) is -3.13. The lowest BCUT2D eigenvalue weighted by molar-refractivity contribution is -0.151. The molecule has 204 valence electrons. The molecule has 0 aromatic heterocycles. The second-order valence-corrected chi connectivity index (χ2v) is 12.9. The number of aliphatic imine (C=N–C) groups is 1. The van der Waals surface area contributed by atoms with Gasteiger partial charge >= 0.3 is 6.18 Å². The van der Waals surface area contributed by atoms with E-state index in [9.17, 15) is 30.8 Å². The number of amides is 1. The number of nitrogens with one attached hydrogen (secondary N) is 1. The van der Waals surface area contributed by atoms with Crippen LogP contribution in [-0.2, 0) is 27.5 Å². The van der Waals surface area contributed by atoms with Crippen LogP contribution in [0.5, 0.6) is 0 Å². The number of hydrogen-bond donors (Lipinski definition) is 1. The van der Waals surface area contributed by atoms with Crippen molar-refractivity contribution in [2.24, 2.45) is 10.4 Å². The molecule has 4 aliphatic rings.